The van der Waals surface area contributed by atoms with Gasteiger partial charge in [-0.15, -0.1) is 0 Å². The Hall–Kier alpha value is -3.59. The van der Waals surface area contributed by atoms with Crippen molar-refractivity contribution in [2.24, 2.45) is 0 Å². The molecule has 2 aliphatic rings. The van der Waals surface area contributed by atoms with Gasteiger partial charge in [0, 0.05) is 43.3 Å². The van der Waals surface area contributed by atoms with E-state index >= 15 is 0 Å². The molecule has 0 N–H and O–H groups in total. The van der Waals surface area contributed by atoms with E-state index in [1.165, 1.54) is 4.90 Å². The zero-order valence-corrected chi connectivity index (χ0v) is 25.1. The van der Waals surface area contributed by atoms with E-state index in [0.717, 1.165) is 22.9 Å². The predicted octanol–water partition coefficient (Wildman–Crippen LogP) is 6.36. The van der Waals surface area contributed by atoms with Gasteiger partial charge in [-0.05, 0) is 54.8 Å². The molecule has 0 bridgehead atoms. The molecule has 0 radical (unpaired) electrons. The quantitative estimate of drug-likeness (QED) is 0.243. The smallest absolute Gasteiger partial charge is 0.378 e. The van der Waals surface area contributed by atoms with E-state index in [2.05, 4.69) is 35.5 Å². The van der Waals surface area contributed by atoms with Crippen LogP contribution in [0.1, 0.15) is 40.9 Å². The summed E-state index contributed by atoms with van der Waals surface area (Å²) in [5.41, 5.74) is -2.88. The molecule has 1 amide bonds. The lowest BCUT2D eigenvalue weighted by Gasteiger charge is -2.41. The van der Waals surface area contributed by atoms with E-state index in [4.69, 9.17) is 4.74 Å². The molecule has 0 unspecified atom stereocenters. The standard InChI is InChI=1S/C34H35F6N3O2/c1-32(2)23-45-16-15-42(32)12-6-5-11-41-13-14-43(30(22-41)18-24-9-10-25-7-3-4-8-26(25)17-24)31(44)27-19-28(33(35,36)37)21-29(20-27)34(38,39)40/h3-4,7-10,17,19-21,30H,11-16,18,22-23H2,1-2H3/t30-/m1/s1. The van der Waals surface area contributed by atoms with E-state index in [-0.39, 0.29) is 18.2 Å². The van der Waals surface area contributed by atoms with Crippen molar-refractivity contribution in [3.8, 4) is 11.8 Å². The van der Waals surface area contributed by atoms with Gasteiger partial charge >= 0.3 is 12.4 Å². The summed E-state index contributed by atoms with van der Waals surface area (Å²) < 4.78 is 87.0. The molecular weight excluding hydrogens is 596 g/mol. The van der Waals surface area contributed by atoms with Crippen molar-refractivity contribution in [3.63, 3.8) is 0 Å². The zero-order chi connectivity index (χ0) is 32.4. The molecule has 5 nitrogen and oxygen atoms in total. The molecular formula is C34H35F6N3O2. The fourth-order valence-electron chi connectivity index (χ4n) is 5.89. The number of alkyl halides is 6. The van der Waals surface area contributed by atoms with E-state index in [0.29, 0.717) is 57.9 Å². The predicted molar refractivity (Wildman–Crippen MR) is 160 cm³/mol. The van der Waals surface area contributed by atoms with Gasteiger partial charge in [-0.3, -0.25) is 14.6 Å². The fraction of sp³-hybridized carbons (Fsp3) is 0.441. The molecule has 2 aliphatic heterocycles. The van der Waals surface area contributed by atoms with Gasteiger partial charge in [0.15, 0.2) is 0 Å². The van der Waals surface area contributed by atoms with E-state index < -0.39 is 41.0 Å². The fourth-order valence-corrected chi connectivity index (χ4v) is 5.89. The van der Waals surface area contributed by atoms with Crippen LogP contribution in [0.15, 0.2) is 60.7 Å². The minimum Gasteiger partial charge on any atom is -0.378 e. The largest absolute Gasteiger partial charge is 0.416 e. The van der Waals surface area contributed by atoms with Gasteiger partial charge in [0.1, 0.15) is 0 Å². The highest BCUT2D eigenvalue weighted by atomic mass is 19.4. The highest BCUT2D eigenvalue weighted by Crippen LogP contribution is 2.37. The summed E-state index contributed by atoms with van der Waals surface area (Å²) in [5.74, 6) is 5.58. The van der Waals surface area contributed by atoms with Gasteiger partial charge in [0.25, 0.3) is 5.91 Å². The summed E-state index contributed by atoms with van der Waals surface area (Å²) in [6, 6.07) is 14.2. The van der Waals surface area contributed by atoms with Gasteiger partial charge < -0.3 is 9.64 Å². The van der Waals surface area contributed by atoms with Crippen molar-refractivity contribution < 1.29 is 35.9 Å². The van der Waals surface area contributed by atoms with Crippen LogP contribution in [0.5, 0.6) is 0 Å². The molecule has 3 aromatic rings. The highest BCUT2D eigenvalue weighted by molar-refractivity contribution is 5.95. The maximum Gasteiger partial charge on any atom is 0.416 e. The summed E-state index contributed by atoms with van der Waals surface area (Å²) in [6.07, 6.45) is -9.73. The number of rotatable bonds is 5. The summed E-state index contributed by atoms with van der Waals surface area (Å²) in [7, 11) is 0. The van der Waals surface area contributed by atoms with E-state index in [1.807, 2.05) is 42.5 Å². The molecule has 0 saturated carbocycles. The van der Waals surface area contributed by atoms with Crippen molar-refractivity contribution >= 4 is 16.7 Å². The molecule has 5 rings (SSSR count). The van der Waals surface area contributed by atoms with Gasteiger partial charge in [0.2, 0.25) is 0 Å². The number of carbonyl (C=O) groups excluding carboxylic acids is 1. The minimum atomic E-state index is -5.05. The summed E-state index contributed by atoms with van der Waals surface area (Å²) in [4.78, 5) is 19.4. The van der Waals surface area contributed by atoms with Crippen molar-refractivity contribution in [2.45, 2.75) is 44.2 Å². The topological polar surface area (TPSA) is 36.0 Å². The highest BCUT2D eigenvalue weighted by Gasteiger charge is 2.39. The second-order valence-electron chi connectivity index (χ2n) is 12.2. The van der Waals surface area contributed by atoms with Crippen LogP contribution in [-0.2, 0) is 23.5 Å². The number of nitrogens with zero attached hydrogens (tertiary/aromatic N) is 3. The SMILES string of the molecule is CC1(C)COCCN1CC#CCN1CCN(C(=O)c2cc(C(F)(F)F)cc(C(F)(F)F)c2)[C@H](Cc2ccc3ccccc3c2)C1. The molecule has 0 spiro atoms. The Bertz CT molecular complexity index is 1560. The van der Waals surface area contributed by atoms with Crippen LogP contribution in [0, 0.1) is 11.8 Å². The zero-order valence-electron chi connectivity index (χ0n) is 25.1. The first kappa shape index (κ1) is 32.8. The number of amides is 1. The number of ether oxygens (including phenoxy) is 1. The van der Waals surface area contributed by atoms with Crippen LogP contribution in [0.2, 0.25) is 0 Å². The lowest BCUT2D eigenvalue weighted by atomic mass is 9.97. The van der Waals surface area contributed by atoms with Crippen molar-refractivity contribution in [1.29, 1.82) is 0 Å². The Morgan fingerprint density at radius 1 is 0.867 bits per heavy atom. The van der Waals surface area contributed by atoms with Crippen LogP contribution >= 0.6 is 0 Å². The Morgan fingerprint density at radius 3 is 2.20 bits per heavy atom. The molecule has 2 heterocycles. The second kappa shape index (κ2) is 13.0. The monoisotopic (exact) mass is 631 g/mol. The normalized spacial score (nSPS) is 19.7. The average molecular weight is 632 g/mol. The van der Waals surface area contributed by atoms with Gasteiger partial charge in [-0.2, -0.15) is 26.3 Å². The van der Waals surface area contributed by atoms with Gasteiger partial charge in [-0.25, -0.2) is 0 Å². The van der Waals surface area contributed by atoms with Gasteiger partial charge in [-0.1, -0.05) is 54.3 Å². The van der Waals surface area contributed by atoms with Crippen molar-refractivity contribution in [3.05, 3.63) is 82.9 Å². The summed E-state index contributed by atoms with van der Waals surface area (Å²) in [5, 5.41) is 2.02. The van der Waals surface area contributed by atoms with E-state index in [1.54, 1.807) is 0 Å². The van der Waals surface area contributed by atoms with Crippen LogP contribution in [-0.4, -0.2) is 84.7 Å². The van der Waals surface area contributed by atoms with E-state index in [9.17, 15) is 31.1 Å². The third-order valence-corrected chi connectivity index (χ3v) is 8.46. The lowest BCUT2D eigenvalue weighted by Crippen LogP contribution is -2.56. The Balaban J connectivity index is 1.39. The lowest BCUT2D eigenvalue weighted by molar-refractivity contribution is -0.143. The number of fused-ring (bicyclic) bond motifs is 1. The maximum absolute atomic E-state index is 13.7. The van der Waals surface area contributed by atoms with Crippen LogP contribution < -0.4 is 0 Å². The Morgan fingerprint density at radius 2 is 1.53 bits per heavy atom. The number of morpholine rings is 1. The van der Waals surface area contributed by atoms with Gasteiger partial charge in [0.05, 0.1) is 37.4 Å². The molecule has 3 aromatic carbocycles. The molecule has 2 fully saturated rings. The first-order valence-electron chi connectivity index (χ1n) is 14.8. The number of piperazine rings is 1. The van der Waals surface area contributed by atoms with Crippen LogP contribution in [0.3, 0.4) is 0 Å². The third kappa shape index (κ3) is 7.98. The van der Waals surface area contributed by atoms with Crippen molar-refractivity contribution in [1.82, 2.24) is 14.7 Å². The second-order valence-corrected chi connectivity index (χ2v) is 12.2. The number of halogens is 6. The first-order valence-corrected chi connectivity index (χ1v) is 14.8. The Kier molecular flexibility index (Phi) is 9.49. The number of hydrogen-bond acceptors (Lipinski definition) is 4. The minimum absolute atomic E-state index is 0.0397. The molecule has 2 saturated heterocycles. The number of benzene rings is 3. The summed E-state index contributed by atoms with van der Waals surface area (Å²) in [6.45, 7) is 8.12. The Labute approximate surface area is 258 Å². The van der Waals surface area contributed by atoms with Crippen LogP contribution in [0.25, 0.3) is 10.8 Å². The average Bonchev–Trinajstić information content (AvgIpc) is 2.98. The third-order valence-electron chi connectivity index (χ3n) is 8.46. The van der Waals surface area contributed by atoms with Crippen LogP contribution in [0.4, 0.5) is 26.3 Å². The number of hydrogen-bond donors (Lipinski definition) is 0. The molecule has 11 heteroatoms. The number of carbonyl (C=O) groups is 1. The molecule has 240 valence electrons. The molecule has 1 atom stereocenters. The molecule has 0 aliphatic carbocycles. The maximum atomic E-state index is 13.7. The van der Waals surface area contributed by atoms with Crippen molar-refractivity contribution in [2.75, 3.05) is 52.5 Å². The summed E-state index contributed by atoms with van der Waals surface area (Å²) >= 11 is 0. The first-order chi connectivity index (χ1) is 21.2. The molecule has 0 aromatic heterocycles. The molecule has 45 heavy (non-hydrogen) atoms.